The third-order valence-corrected chi connectivity index (χ3v) is 3.38. The molecule has 0 amide bonds. The molecule has 1 aromatic rings. The number of aromatic nitrogens is 1. The standard InChI is InChI=1S/C13H20N2O/c1-2-13-11(6-8-16-13)12(14)9-10-5-3-4-7-15-10/h3-5,7,11-13H,2,6,8-9,14H2,1H3. The van der Waals surface area contributed by atoms with Crippen molar-refractivity contribution in [1.29, 1.82) is 0 Å². The van der Waals surface area contributed by atoms with Crippen molar-refractivity contribution in [3.05, 3.63) is 30.1 Å². The molecule has 0 saturated carbocycles. The molecule has 1 aliphatic rings. The summed E-state index contributed by atoms with van der Waals surface area (Å²) < 4.78 is 5.67. The number of nitrogens with two attached hydrogens (primary N) is 1. The van der Waals surface area contributed by atoms with Gasteiger partial charge in [0.15, 0.2) is 0 Å². The lowest BCUT2D eigenvalue weighted by Gasteiger charge is -2.23. The highest BCUT2D eigenvalue weighted by Gasteiger charge is 2.31. The summed E-state index contributed by atoms with van der Waals surface area (Å²) in [6, 6.07) is 6.15. The maximum atomic E-state index is 6.26. The number of nitrogens with zero attached hydrogens (tertiary/aromatic N) is 1. The molecular formula is C13H20N2O. The van der Waals surface area contributed by atoms with Crippen molar-refractivity contribution >= 4 is 0 Å². The largest absolute Gasteiger partial charge is 0.378 e. The van der Waals surface area contributed by atoms with E-state index in [0.29, 0.717) is 12.0 Å². The summed E-state index contributed by atoms with van der Waals surface area (Å²) in [5, 5.41) is 0. The summed E-state index contributed by atoms with van der Waals surface area (Å²) in [7, 11) is 0. The molecule has 3 unspecified atom stereocenters. The van der Waals surface area contributed by atoms with Gasteiger partial charge in [-0.2, -0.15) is 0 Å². The van der Waals surface area contributed by atoms with Crippen molar-refractivity contribution in [3.8, 4) is 0 Å². The Morgan fingerprint density at radius 3 is 3.12 bits per heavy atom. The third kappa shape index (κ3) is 2.60. The van der Waals surface area contributed by atoms with Gasteiger partial charge in [-0.1, -0.05) is 13.0 Å². The first kappa shape index (κ1) is 11.6. The van der Waals surface area contributed by atoms with Crippen molar-refractivity contribution in [2.45, 2.75) is 38.3 Å². The van der Waals surface area contributed by atoms with Gasteiger partial charge in [-0.15, -0.1) is 0 Å². The van der Waals surface area contributed by atoms with Gasteiger partial charge in [0.2, 0.25) is 0 Å². The second-order valence-electron chi connectivity index (χ2n) is 4.46. The summed E-state index contributed by atoms with van der Waals surface area (Å²) in [6.45, 7) is 3.02. The van der Waals surface area contributed by atoms with Gasteiger partial charge in [0.05, 0.1) is 6.10 Å². The van der Waals surface area contributed by atoms with Gasteiger partial charge in [0, 0.05) is 36.9 Å². The van der Waals surface area contributed by atoms with E-state index in [1.165, 1.54) is 0 Å². The molecule has 88 valence electrons. The topological polar surface area (TPSA) is 48.1 Å². The molecule has 1 fully saturated rings. The van der Waals surface area contributed by atoms with E-state index in [0.717, 1.165) is 31.6 Å². The summed E-state index contributed by atoms with van der Waals surface area (Å²) in [5.41, 5.74) is 7.34. The van der Waals surface area contributed by atoms with Crippen LogP contribution in [0.3, 0.4) is 0 Å². The number of ether oxygens (including phenoxy) is 1. The van der Waals surface area contributed by atoms with Crippen LogP contribution in [0.2, 0.25) is 0 Å². The summed E-state index contributed by atoms with van der Waals surface area (Å²) in [5.74, 6) is 0.493. The molecule has 3 atom stereocenters. The predicted octanol–water partition coefficient (Wildman–Crippen LogP) is 1.77. The average molecular weight is 220 g/mol. The van der Waals surface area contributed by atoms with Gasteiger partial charge in [0.1, 0.15) is 0 Å². The number of hydrogen-bond acceptors (Lipinski definition) is 3. The average Bonchev–Trinajstić information content (AvgIpc) is 2.78. The zero-order chi connectivity index (χ0) is 11.4. The van der Waals surface area contributed by atoms with E-state index in [9.17, 15) is 0 Å². The minimum absolute atomic E-state index is 0.169. The lowest BCUT2D eigenvalue weighted by atomic mass is 9.89. The van der Waals surface area contributed by atoms with Crippen LogP contribution in [0.1, 0.15) is 25.5 Å². The maximum Gasteiger partial charge on any atom is 0.0616 e. The SMILES string of the molecule is CCC1OCCC1C(N)Cc1ccccn1. The fourth-order valence-electron chi connectivity index (χ4n) is 2.49. The molecule has 0 bridgehead atoms. The Kier molecular flexibility index (Phi) is 3.91. The van der Waals surface area contributed by atoms with Gasteiger partial charge in [-0.25, -0.2) is 0 Å². The second-order valence-corrected chi connectivity index (χ2v) is 4.46. The number of pyridine rings is 1. The van der Waals surface area contributed by atoms with Crippen molar-refractivity contribution in [2.75, 3.05) is 6.61 Å². The van der Waals surface area contributed by atoms with Crippen LogP contribution in [0.5, 0.6) is 0 Å². The Bertz CT molecular complexity index is 315. The second kappa shape index (κ2) is 5.41. The van der Waals surface area contributed by atoms with Crippen LogP contribution in [0.25, 0.3) is 0 Å². The van der Waals surface area contributed by atoms with Crippen LogP contribution >= 0.6 is 0 Å². The van der Waals surface area contributed by atoms with E-state index in [1.54, 1.807) is 0 Å². The minimum Gasteiger partial charge on any atom is -0.378 e. The van der Waals surface area contributed by atoms with E-state index in [-0.39, 0.29) is 6.04 Å². The van der Waals surface area contributed by atoms with E-state index >= 15 is 0 Å². The molecule has 2 rings (SSSR count). The van der Waals surface area contributed by atoms with Crippen LogP contribution in [0.4, 0.5) is 0 Å². The lowest BCUT2D eigenvalue weighted by Crippen LogP contribution is -2.37. The molecule has 0 radical (unpaired) electrons. The molecule has 1 aliphatic heterocycles. The van der Waals surface area contributed by atoms with Gasteiger partial charge >= 0.3 is 0 Å². The molecule has 3 nitrogen and oxygen atoms in total. The molecular weight excluding hydrogens is 200 g/mol. The fourth-order valence-corrected chi connectivity index (χ4v) is 2.49. The Morgan fingerprint density at radius 2 is 2.44 bits per heavy atom. The maximum absolute atomic E-state index is 6.26. The normalized spacial score (nSPS) is 26.9. The summed E-state index contributed by atoms with van der Waals surface area (Å²) in [4.78, 5) is 4.32. The number of hydrogen-bond donors (Lipinski definition) is 1. The van der Waals surface area contributed by atoms with E-state index in [1.807, 2.05) is 24.4 Å². The first-order valence-corrected chi connectivity index (χ1v) is 6.08. The highest BCUT2D eigenvalue weighted by Crippen LogP contribution is 2.26. The van der Waals surface area contributed by atoms with E-state index in [2.05, 4.69) is 11.9 Å². The van der Waals surface area contributed by atoms with Crippen molar-refractivity contribution < 1.29 is 4.74 Å². The van der Waals surface area contributed by atoms with E-state index < -0.39 is 0 Å². The Hall–Kier alpha value is -0.930. The highest BCUT2D eigenvalue weighted by atomic mass is 16.5. The molecule has 0 spiro atoms. The quantitative estimate of drug-likeness (QED) is 0.841. The molecule has 16 heavy (non-hydrogen) atoms. The fraction of sp³-hybridized carbons (Fsp3) is 0.615. The molecule has 2 N–H and O–H groups in total. The zero-order valence-electron chi connectivity index (χ0n) is 9.80. The minimum atomic E-state index is 0.169. The Balaban J connectivity index is 1.95. The molecule has 0 aliphatic carbocycles. The zero-order valence-corrected chi connectivity index (χ0v) is 9.80. The predicted molar refractivity (Wildman–Crippen MR) is 64.1 cm³/mol. The highest BCUT2D eigenvalue weighted by molar-refractivity contribution is 5.06. The van der Waals surface area contributed by atoms with Crippen molar-refractivity contribution in [1.82, 2.24) is 4.98 Å². The van der Waals surface area contributed by atoms with Crippen molar-refractivity contribution in [2.24, 2.45) is 11.7 Å². The molecule has 1 saturated heterocycles. The Labute approximate surface area is 97.0 Å². The van der Waals surface area contributed by atoms with Crippen LogP contribution in [0.15, 0.2) is 24.4 Å². The summed E-state index contributed by atoms with van der Waals surface area (Å²) >= 11 is 0. The monoisotopic (exact) mass is 220 g/mol. The van der Waals surface area contributed by atoms with Gasteiger partial charge in [-0.05, 0) is 25.0 Å². The molecule has 1 aromatic heterocycles. The van der Waals surface area contributed by atoms with Gasteiger partial charge in [0.25, 0.3) is 0 Å². The lowest BCUT2D eigenvalue weighted by molar-refractivity contribution is 0.0813. The third-order valence-electron chi connectivity index (χ3n) is 3.38. The molecule has 3 heteroatoms. The van der Waals surface area contributed by atoms with Crippen LogP contribution < -0.4 is 5.73 Å². The van der Waals surface area contributed by atoms with Crippen LogP contribution in [-0.2, 0) is 11.2 Å². The smallest absolute Gasteiger partial charge is 0.0616 e. The first-order chi connectivity index (χ1) is 7.81. The summed E-state index contributed by atoms with van der Waals surface area (Å²) in [6.07, 6.45) is 5.17. The van der Waals surface area contributed by atoms with E-state index in [4.69, 9.17) is 10.5 Å². The number of rotatable bonds is 4. The Morgan fingerprint density at radius 1 is 1.56 bits per heavy atom. The molecule has 0 aromatic carbocycles. The van der Waals surface area contributed by atoms with Crippen LogP contribution in [0, 0.1) is 5.92 Å². The molecule has 2 heterocycles. The van der Waals surface area contributed by atoms with Gasteiger partial charge < -0.3 is 10.5 Å². The van der Waals surface area contributed by atoms with Crippen molar-refractivity contribution in [3.63, 3.8) is 0 Å². The first-order valence-electron chi connectivity index (χ1n) is 6.08. The van der Waals surface area contributed by atoms with Gasteiger partial charge in [-0.3, -0.25) is 4.98 Å². The van der Waals surface area contributed by atoms with Crippen LogP contribution in [-0.4, -0.2) is 23.7 Å².